The minimum absolute atomic E-state index is 0.328. The Morgan fingerprint density at radius 2 is 1.77 bits per heavy atom. The maximum Gasteiger partial charge on any atom is 0.412 e. The molecule has 1 aromatic heterocycles. The van der Waals surface area contributed by atoms with Crippen molar-refractivity contribution in [2.45, 2.75) is 20.0 Å². The molecule has 1 amide bonds. The van der Waals surface area contributed by atoms with Crippen LogP contribution in [0.25, 0.3) is 11.3 Å². The zero-order chi connectivity index (χ0) is 21.9. The maximum atomic E-state index is 12.4. The Morgan fingerprint density at radius 1 is 1.13 bits per heavy atom. The van der Waals surface area contributed by atoms with Gasteiger partial charge in [0.25, 0.3) is 0 Å². The Kier molecular flexibility index (Phi) is 6.33. The number of anilines is 2. The summed E-state index contributed by atoms with van der Waals surface area (Å²) in [4.78, 5) is 12.4. The van der Waals surface area contributed by atoms with Gasteiger partial charge in [-0.2, -0.15) is 0 Å². The third-order valence-electron chi connectivity index (χ3n) is 4.16. The lowest BCUT2D eigenvalue weighted by Crippen LogP contribution is -2.16. The van der Waals surface area contributed by atoms with Crippen molar-refractivity contribution in [3.8, 4) is 11.3 Å². The lowest BCUT2D eigenvalue weighted by atomic mass is 10.1. The van der Waals surface area contributed by atoms with E-state index in [0.717, 1.165) is 11.8 Å². The van der Waals surface area contributed by atoms with Gasteiger partial charge in [-0.1, -0.05) is 28.9 Å². The quantitative estimate of drug-likeness (QED) is 0.548. The number of amides is 1. The van der Waals surface area contributed by atoms with E-state index in [1.165, 1.54) is 0 Å². The minimum atomic E-state index is -3.38. The molecule has 158 valence electrons. The summed E-state index contributed by atoms with van der Waals surface area (Å²) < 4.78 is 35.8. The molecule has 0 saturated heterocycles. The summed E-state index contributed by atoms with van der Waals surface area (Å²) >= 11 is 5.88. The molecule has 0 spiro atoms. The van der Waals surface area contributed by atoms with Crippen molar-refractivity contribution in [2.75, 3.05) is 16.3 Å². The van der Waals surface area contributed by atoms with Gasteiger partial charge in [0, 0.05) is 16.3 Å². The summed E-state index contributed by atoms with van der Waals surface area (Å²) in [6, 6.07) is 13.5. The Bertz CT molecular complexity index is 1140. The molecule has 0 bridgehead atoms. The van der Waals surface area contributed by atoms with Crippen LogP contribution in [0.4, 0.5) is 16.2 Å². The molecule has 8 nitrogen and oxygen atoms in total. The van der Waals surface area contributed by atoms with Crippen molar-refractivity contribution in [1.29, 1.82) is 0 Å². The second-order valence-corrected chi connectivity index (χ2v) is 8.83. The summed E-state index contributed by atoms with van der Waals surface area (Å²) in [5.41, 5.74) is 2.65. The molecular weight excluding hydrogens is 430 g/mol. The average molecular weight is 450 g/mol. The van der Waals surface area contributed by atoms with Crippen molar-refractivity contribution >= 4 is 39.1 Å². The molecule has 1 unspecified atom stereocenters. The number of hydrogen-bond acceptors (Lipinski definition) is 6. The number of nitrogens with zero attached hydrogens (tertiary/aromatic N) is 1. The SMILES string of the molecule is Cc1noc(-c2ccc(NS(C)(=O)=O)cc2)c1NC(=O)OC(C)c1ccc(Cl)cc1. The van der Waals surface area contributed by atoms with E-state index in [-0.39, 0.29) is 0 Å². The van der Waals surface area contributed by atoms with Crippen molar-refractivity contribution < 1.29 is 22.5 Å². The van der Waals surface area contributed by atoms with Gasteiger partial charge in [-0.15, -0.1) is 0 Å². The van der Waals surface area contributed by atoms with E-state index >= 15 is 0 Å². The third kappa shape index (κ3) is 5.52. The van der Waals surface area contributed by atoms with E-state index < -0.39 is 22.2 Å². The predicted molar refractivity (Wildman–Crippen MR) is 115 cm³/mol. The van der Waals surface area contributed by atoms with E-state index in [1.54, 1.807) is 62.4 Å². The Labute approximate surface area is 179 Å². The van der Waals surface area contributed by atoms with Gasteiger partial charge in [0.15, 0.2) is 5.76 Å². The second-order valence-electron chi connectivity index (χ2n) is 6.65. The average Bonchev–Trinajstić information content (AvgIpc) is 3.02. The standard InChI is InChI=1S/C20H20ClN3O5S/c1-12-18(22-20(25)28-13(2)14-4-8-16(21)9-5-14)19(29-23-12)15-6-10-17(11-7-15)24-30(3,26)27/h4-11,13,24H,1-3H3,(H,22,25). The lowest BCUT2D eigenvalue weighted by molar-refractivity contribution is 0.121. The number of carbonyl (C=O) groups is 1. The van der Waals surface area contributed by atoms with Crippen LogP contribution in [0.5, 0.6) is 0 Å². The number of ether oxygens (including phenoxy) is 1. The van der Waals surface area contributed by atoms with Gasteiger partial charge in [-0.05, 0) is 55.8 Å². The molecule has 1 atom stereocenters. The number of nitrogens with one attached hydrogen (secondary N) is 2. The van der Waals surface area contributed by atoms with Gasteiger partial charge in [0.2, 0.25) is 10.0 Å². The van der Waals surface area contributed by atoms with Gasteiger partial charge in [0.1, 0.15) is 17.5 Å². The molecule has 0 aliphatic carbocycles. The van der Waals surface area contributed by atoms with Crippen LogP contribution in [0.3, 0.4) is 0 Å². The van der Waals surface area contributed by atoms with Crippen LogP contribution in [-0.4, -0.2) is 25.9 Å². The predicted octanol–water partition coefficient (Wildman–Crippen LogP) is 4.98. The molecule has 10 heteroatoms. The van der Waals surface area contributed by atoms with Gasteiger partial charge in [0.05, 0.1) is 6.26 Å². The Morgan fingerprint density at radius 3 is 2.37 bits per heavy atom. The van der Waals surface area contributed by atoms with Crippen molar-refractivity contribution in [3.05, 3.63) is 64.8 Å². The highest BCUT2D eigenvalue weighted by Crippen LogP contribution is 2.32. The summed E-state index contributed by atoms with van der Waals surface area (Å²) in [6.07, 6.45) is -0.0908. The third-order valence-corrected chi connectivity index (χ3v) is 5.02. The van der Waals surface area contributed by atoms with Crippen LogP contribution in [0, 0.1) is 6.92 Å². The highest BCUT2D eigenvalue weighted by atomic mass is 35.5. The molecule has 0 fully saturated rings. The van der Waals surface area contributed by atoms with Gasteiger partial charge >= 0.3 is 6.09 Å². The van der Waals surface area contributed by atoms with Crippen LogP contribution in [-0.2, 0) is 14.8 Å². The normalized spacial score (nSPS) is 12.3. The first kappa shape index (κ1) is 21.7. The first-order valence-corrected chi connectivity index (χ1v) is 11.2. The van der Waals surface area contributed by atoms with Crippen molar-refractivity contribution in [1.82, 2.24) is 5.16 Å². The Hall–Kier alpha value is -3.04. The summed E-state index contributed by atoms with van der Waals surface area (Å²) in [5.74, 6) is 0.328. The molecule has 3 aromatic rings. The van der Waals surface area contributed by atoms with E-state index in [2.05, 4.69) is 15.2 Å². The molecule has 2 aromatic carbocycles. The highest BCUT2D eigenvalue weighted by molar-refractivity contribution is 7.92. The fraction of sp³-hybridized carbons (Fsp3) is 0.200. The monoisotopic (exact) mass is 449 g/mol. The molecule has 3 rings (SSSR count). The number of aryl methyl sites for hydroxylation is 1. The molecule has 0 saturated carbocycles. The van der Waals surface area contributed by atoms with Gasteiger partial charge < -0.3 is 9.26 Å². The topological polar surface area (TPSA) is 111 Å². The molecule has 2 N–H and O–H groups in total. The fourth-order valence-corrected chi connectivity index (χ4v) is 3.40. The number of sulfonamides is 1. The maximum absolute atomic E-state index is 12.4. The highest BCUT2D eigenvalue weighted by Gasteiger charge is 2.20. The molecular formula is C20H20ClN3O5S. The zero-order valence-corrected chi connectivity index (χ0v) is 18.0. The minimum Gasteiger partial charge on any atom is -0.441 e. The van der Waals surface area contributed by atoms with Crippen molar-refractivity contribution in [3.63, 3.8) is 0 Å². The van der Waals surface area contributed by atoms with Crippen LogP contribution in [0.15, 0.2) is 53.1 Å². The molecule has 0 aliphatic heterocycles. The lowest BCUT2D eigenvalue weighted by Gasteiger charge is -2.14. The van der Waals surface area contributed by atoms with Crippen LogP contribution in [0.1, 0.15) is 24.3 Å². The number of rotatable bonds is 6. The smallest absolute Gasteiger partial charge is 0.412 e. The zero-order valence-electron chi connectivity index (χ0n) is 16.5. The Balaban J connectivity index is 1.74. The molecule has 1 heterocycles. The van der Waals surface area contributed by atoms with Crippen LogP contribution < -0.4 is 10.0 Å². The second kappa shape index (κ2) is 8.76. The molecule has 30 heavy (non-hydrogen) atoms. The summed E-state index contributed by atoms with van der Waals surface area (Å²) in [7, 11) is -3.38. The summed E-state index contributed by atoms with van der Waals surface area (Å²) in [5, 5.41) is 7.17. The van der Waals surface area contributed by atoms with Gasteiger partial charge in [-0.3, -0.25) is 10.0 Å². The number of halogens is 1. The van der Waals surface area contributed by atoms with Crippen LogP contribution in [0.2, 0.25) is 5.02 Å². The van der Waals surface area contributed by atoms with E-state index in [4.69, 9.17) is 20.9 Å². The number of hydrogen-bond donors (Lipinski definition) is 2. The number of benzene rings is 2. The van der Waals surface area contributed by atoms with E-state index in [1.807, 2.05) is 0 Å². The number of carbonyl (C=O) groups excluding carboxylic acids is 1. The van der Waals surface area contributed by atoms with Crippen molar-refractivity contribution in [2.24, 2.45) is 0 Å². The van der Waals surface area contributed by atoms with E-state index in [0.29, 0.717) is 33.4 Å². The first-order valence-electron chi connectivity index (χ1n) is 8.90. The molecule has 0 aliphatic rings. The number of aromatic nitrogens is 1. The van der Waals surface area contributed by atoms with Crippen LogP contribution >= 0.6 is 11.6 Å². The summed E-state index contributed by atoms with van der Waals surface area (Å²) in [6.45, 7) is 3.43. The van der Waals surface area contributed by atoms with Gasteiger partial charge in [-0.25, -0.2) is 13.2 Å². The fourth-order valence-electron chi connectivity index (χ4n) is 2.71. The first-order chi connectivity index (χ1) is 14.1. The van der Waals surface area contributed by atoms with E-state index in [9.17, 15) is 13.2 Å². The molecule has 0 radical (unpaired) electrons. The largest absolute Gasteiger partial charge is 0.441 e.